The normalized spacial score (nSPS) is 21.2. The van der Waals surface area contributed by atoms with Gasteiger partial charge in [-0.25, -0.2) is 0 Å². The first-order chi connectivity index (χ1) is 9.66. The maximum absolute atomic E-state index is 2.57. The summed E-state index contributed by atoms with van der Waals surface area (Å²) >= 11 is 1.99. The fourth-order valence-electron chi connectivity index (χ4n) is 2.73. The van der Waals surface area contributed by atoms with Crippen LogP contribution in [-0.4, -0.2) is 42.9 Å². The van der Waals surface area contributed by atoms with Gasteiger partial charge in [0.25, 0.3) is 0 Å². The molecule has 1 aliphatic heterocycles. The molecule has 3 rings (SSSR count). The number of thioether (sulfide) groups is 1. The fraction of sp³-hybridized carbons (Fsp3) is 0.412. The molecule has 0 saturated carbocycles. The van der Waals surface area contributed by atoms with Gasteiger partial charge in [0.05, 0.1) is 17.0 Å². The molecule has 3 atom stereocenters. The van der Waals surface area contributed by atoms with E-state index < -0.39 is 0 Å². The molecule has 0 amide bonds. The largest absolute Gasteiger partial charge is 0.361 e. The number of benzene rings is 1. The summed E-state index contributed by atoms with van der Waals surface area (Å²) in [6.07, 6.45) is 9.03. The molecule has 1 aromatic carbocycles. The molecule has 3 unspecified atom stereocenters. The van der Waals surface area contributed by atoms with Crippen LogP contribution in [0, 0.1) is 0 Å². The zero-order chi connectivity index (χ0) is 14.1. The Balaban J connectivity index is 0. The van der Waals surface area contributed by atoms with Crippen molar-refractivity contribution in [2.45, 2.75) is 29.2 Å². The number of para-hydroxylation sites is 1. The Morgan fingerprint density at radius 1 is 1.04 bits per heavy atom. The lowest BCUT2D eigenvalue weighted by molar-refractivity contribution is 0.311. The molecule has 0 bridgehead atoms. The molecule has 0 aromatic heterocycles. The van der Waals surface area contributed by atoms with Crippen LogP contribution in [0.15, 0.2) is 53.5 Å². The highest BCUT2D eigenvalue weighted by molar-refractivity contribution is 8.00. The smallest absolute Gasteiger partial charge is 0.0634 e. The van der Waals surface area contributed by atoms with Gasteiger partial charge in [0.15, 0.2) is 0 Å². The minimum absolute atomic E-state index is 0. The number of fused-ring (bicyclic) bond motifs is 2. The second-order valence-electron chi connectivity index (χ2n) is 5.78. The number of likely N-dealkylation sites (N-methyl/N-ethyl adjacent to an activating group) is 1. The molecule has 0 spiro atoms. The number of nitrogens with zero attached hydrogens (tertiary/aromatic N) is 2. The standard InChI is InChI=1S/C17H22N2S.4ClH/c1-13(18(2)3)12-19-14-8-4-6-10-16(14)20-17-11-7-5-9-15(17)19;;;;/h4-11,13-14,16H,12H2,1-3H3;4*1H. The summed E-state index contributed by atoms with van der Waals surface area (Å²) in [5, 5.41) is 0.532. The van der Waals surface area contributed by atoms with Gasteiger partial charge in [0.2, 0.25) is 0 Å². The van der Waals surface area contributed by atoms with Crippen LogP contribution in [0.4, 0.5) is 5.69 Å². The van der Waals surface area contributed by atoms with E-state index in [9.17, 15) is 0 Å². The third-order valence-electron chi connectivity index (χ3n) is 4.20. The van der Waals surface area contributed by atoms with Gasteiger partial charge >= 0.3 is 0 Å². The average Bonchev–Trinajstić information content (AvgIpc) is 2.46. The minimum atomic E-state index is 0. The molecular formula is C17H26Cl4N2S. The van der Waals surface area contributed by atoms with E-state index in [4.69, 9.17) is 0 Å². The number of rotatable bonds is 3. The molecule has 0 radical (unpaired) electrons. The van der Waals surface area contributed by atoms with E-state index in [2.05, 4.69) is 79.4 Å². The van der Waals surface area contributed by atoms with Crippen molar-refractivity contribution in [3.8, 4) is 0 Å². The molecule has 1 heterocycles. The molecule has 2 nitrogen and oxygen atoms in total. The predicted octanol–water partition coefficient (Wildman–Crippen LogP) is 5.10. The summed E-state index contributed by atoms with van der Waals surface area (Å²) in [5.41, 5.74) is 1.38. The number of halogens is 4. The van der Waals surface area contributed by atoms with Crippen LogP contribution in [0.1, 0.15) is 6.92 Å². The first kappa shape index (κ1) is 26.2. The lowest BCUT2D eigenvalue weighted by Crippen LogP contribution is -2.49. The first-order valence-corrected chi connectivity index (χ1v) is 8.08. The van der Waals surface area contributed by atoms with Crippen molar-refractivity contribution >= 4 is 67.1 Å². The minimum Gasteiger partial charge on any atom is -0.361 e. The van der Waals surface area contributed by atoms with Gasteiger partial charge in [0, 0.05) is 17.5 Å². The van der Waals surface area contributed by atoms with Crippen molar-refractivity contribution in [2.75, 3.05) is 25.5 Å². The molecule has 138 valence electrons. The highest BCUT2D eigenvalue weighted by Crippen LogP contribution is 2.43. The molecule has 7 heteroatoms. The van der Waals surface area contributed by atoms with Gasteiger partial charge in [-0.15, -0.1) is 61.4 Å². The van der Waals surface area contributed by atoms with E-state index in [1.165, 1.54) is 10.6 Å². The monoisotopic (exact) mass is 430 g/mol. The van der Waals surface area contributed by atoms with Gasteiger partial charge in [-0.2, -0.15) is 0 Å². The van der Waals surface area contributed by atoms with Crippen molar-refractivity contribution in [1.29, 1.82) is 0 Å². The topological polar surface area (TPSA) is 6.48 Å². The summed E-state index contributed by atoms with van der Waals surface area (Å²) in [6.45, 7) is 3.35. The average molecular weight is 432 g/mol. The van der Waals surface area contributed by atoms with E-state index >= 15 is 0 Å². The Morgan fingerprint density at radius 3 is 2.33 bits per heavy atom. The van der Waals surface area contributed by atoms with Crippen molar-refractivity contribution in [2.24, 2.45) is 0 Å². The van der Waals surface area contributed by atoms with Crippen LogP contribution in [0.25, 0.3) is 0 Å². The number of hydrogen-bond acceptors (Lipinski definition) is 3. The van der Waals surface area contributed by atoms with Gasteiger partial charge in [-0.05, 0) is 33.2 Å². The first-order valence-electron chi connectivity index (χ1n) is 7.20. The van der Waals surface area contributed by atoms with Gasteiger partial charge in [0.1, 0.15) is 0 Å². The van der Waals surface area contributed by atoms with E-state index in [1.807, 2.05) is 11.8 Å². The lowest BCUT2D eigenvalue weighted by Gasteiger charge is -2.43. The van der Waals surface area contributed by atoms with Crippen molar-refractivity contribution < 1.29 is 0 Å². The van der Waals surface area contributed by atoms with Crippen LogP contribution in [0.2, 0.25) is 0 Å². The van der Waals surface area contributed by atoms with Crippen LogP contribution < -0.4 is 4.90 Å². The Kier molecular flexibility index (Phi) is 12.6. The number of anilines is 1. The Bertz CT molecular complexity index is 551. The Morgan fingerprint density at radius 2 is 1.67 bits per heavy atom. The zero-order valence-corrected chi connectivity index (χ0v) is 18.1. The quantitative estimate of drug-likeness (QED) is 0.657. The van der Waals surface area contributed by atoms with Crippen molar-refractivity contribution in [1.82, 2.24) is 4.90 Å². The highest BCUT2D eigenvalue weighted by Gasteiger charge is 2.33. The van der Waals surface area contributed by atoms with E-state index in [0.29, 0.717) is 17.3 Å². The van der Waals surface area contributed by atoms with E-state index in [0.717, 1.165) is 6.54 Å². The third kappa shape index (κ3) is 5.48. The molecular weight excluding hydrogens is 406 g/mol. The second-order valence-corrected chi connectivity index (χ2v) is 7.00. The van der Waals surface area contributed by atoms with Crippen molar-refractivity contribution in [3.05, 3.63) is 48.6 Å². The zero-order valence-electron chi connectivity index (χ0n) is 14.0. The maximum Gasteiger partial charge on any atom is 0.0634 e. The van der Waals surface area contributed by atoms with E-state index in [1.54, 1.807) is 0 Å². The highest BCUT2D eigenvalue weighted by atomic mass is 35.5. The summed E-state index contributed by atoms with van der Waals surface area (Å²) in [6, 6.07) is 9.80. The number of hydrogen-bond donors (Lipinski definition) is 0. The molecule has 1 aliphatic carbocycles. The molecule has 2 aliphatic rings. The van der Waals surface area contributed by atoms with Gasteiger partial charge in [-0.3, -0.25) is 0 Å². The molecule has 1 aromatic rings. The summed E-state index contributed by atoms with van der Waals surface area (Å²) in [4.78, 5) is 6.27. The third-order valence-corrected chi connectivity index (χ3v) is 5.50. The molecule has 24 heavy (non-hydrogen) atoms. The van der Waals surface area contributed by atoms with E-state index in [-0.39, 0.29) is 49.6 Å². The Labute approximate surface area is 174 Å². The summed E-state index contributed by atoms with van der Waals surface area (Å²) < 4.78 is 0. The number of allylic oxidation sites excluding steroid dienone is 2. The second kappa shape index (κ2) is 11.6. The SMILES string of the molecule is CC(CN1c2ccccc2SC2C=CC=CC21)N(C)C.Cl.Cl.Cl.Cl. The molecule has 0 fully saturated rings. The maximum atomic E-state index is 2.57. The van der Waals surface area contributed by atoms with Crippen LogP contribution in [0.5, 0.6) is 0 Å². The molecule has 0 N–H and O–H groups in total. The van der Waals surface area contributed by atoms with Crippen LogP contribution in [0.3, 0.4) is 0 Å². The van der Waals surface area contributed by atoms with Crippen LogP contribution in [-0.2, 0) is 0 Å². The predicted molar refractivity (Wildman–Crippen MR) is 118 cm³/mol. The lowest BCUT2D eigenvalue weighted by atomic mass is 10.0. The fourth-order valence-corrected chi connectivity index (χ4v) is 4.04. The van der Waals surface area contributed by atoms with Gasteiger partial charge < -0.3 is 9.80 Å². The summed E-state index contributed by atoms with van der Waals surface area (Å²) in [5.74, 6) is 0. The van der Waals surface area contributed by atoms with Crippen molar-refractivity contribution in [3.63, 3.8) is 0 Å². The Hall–Kier alpha value is -0.0300. The van der Waals surface area contributed by atoms with Crippen LogP contribution >= 0.6 is 61.4 Å². The summed E-state index contributed by atoms with van der Waals surface area (Å²) in [7, 11) is 4.31. The van der Waals surface area contributed by atoms with Gasteiger partial charge in [-0.1, -0.05) is 36.4 Å². The molecule has 0 saturated heterocycles.